The van der Waals surface area contributed by atoms with Crippen molar-refractivity contribution in [3.8, 4) is 5.75 Å². The van der Waals surface area contributed by atoms with Crippen molar-refractivity contribution in [3.05, 3.63) is 59.7 Å². The number of amides is 2. The molecule has 2 N–H and O–H groups in total. The van der Waals surface area contributed by atoms with Crippen molar-refractivity contribution in [1.29, 1.82) is 0 Å². The summed E-state index contributed by atoms with van der Waals surface area (Å²) in [4.78, 5) is 23.7. The minimum absolute atomic E-state index is 0.400. The van der Waals surface area contributed by atoms with Crippen LogP contribution in [0.5, 0.6) is 5.75 Å². The zero-order valence-electron chi connectivity index (χ0n) is 14.4. The van der Waals surface area contributed by atoms with Gasteiger partial charge in [-0.2, -0.15) is 5.10 Å². The maximum atomic E-state index is 11.9. The summed E-state index contributed by atoms with van der Waals surface area (Å²) < 4.78 is 5.17. The molecular formula is C19H21N3O3. The normalized spacial score (nSPS) is 10.7. The highest BCUT2D eigenvalue weighted by molar-refractivity contribution is 6.39. The minimum atomic E-state index is -0.848. The summed E-state index contributed by atoms with van der Waals surface area (Å²) in [5.74, 6) is -0.610. The third-order valence-corrected chi connectivity index (χ3v) is 3.55. The lowest BCUT2D eigenvalue weighted by molar-refractivity contribution is -0.136. The molecule has 0 saturated heterocycles. The van der Waals surface area contributed by atoms with Gasteiger partial charge in [0.25, 0.3) is 0 Å². The van der Waals surface area contributed by atoms with Gasteiger partial charge in [-0.1, -0.05) is 38.1 Å². The highest BCUT2D eigenvalue weighted by atomic mass is 16.5. The van der Waals surface area contributed by atoms with Gasteiger partial charge >= 0.3 is 11.8 Å². The molecule has 0 heterocycles. The standard InChI is InChI=1S/C19H21N3O3/c1-13(2)14-8-10-16(11-9-14)21-18(23)19(24)22-20-12-15-6-4-5-7-17(15)25-3/h4-13H,1-3H3,(H,21,23)(H,22,24)/b20-12-. The van der Waals surface area contributed by atoms with Crippen LogP contribution in [0.3, 0.4) is 0 Å². The second-order valence-corrected chi connectivity index (χ2v) is 5.67. The van der Waals surface area contributed by atoms with E-state index in [1.165, 1.54) is 6.21 Å². The molecule has 0 saturated carbocycles. The summed E-state index contributed by atoms with van der Waals surface area (Å²) in [7, 11) is 1.54. The van der Waals surface area contributed by atoms with E-state index in [1.54, 1.807) is 31.4 Å². The van der Waals surface area contributed by atoms with Crippen LogP contribution >= 0.6 is 0 Å². The number of benzene rings is 2. The van der Waals surface area contributed by atoms with Crippen LogP contribution in [-0.4, -0.2) is 25.1 Å². The van der Waals surface area contributed by atoms with E-state index in [2.05, 4.69) is 29.7 Å². The molecule has 2 aromatic carbocycles. The molecule has 6 nitrogen and oxygen atoms in total. The van der Waals surface area contributed by atoms with E-state index in [0.29, 0.717) is 22.9 Å². The molecule has 2 aromatic rings. The second kappa shape index (κ2) is 8.63. The molecule has 2 rings (SSSR count). The number of anilines is 1. The van der Waals surface area contributed by atoms with Crippen LogP contribution in [0.2, 0.25) is 0 Å². The Morgan fingerprint density at radius 2 is 1.72 bits per heavy atom. The molecule has 25 heavy (non-hydrogen) atoms. The zero-order chi connectivity index (χ0) is 18.2. The van der Waals surface area contributed by atoms with E-state index >= 15 is 0 Å². The third-order valence-electron chi connectivity index (χ3n) is 3.55. The molecule has 0 fully saturated rings. The Morgan fingerprint density at radius 3 is 2.36 bits per heavy atom. The number of hydrogen-bond donors (Lipinski definition) is 2. The quantitative estimate of drug-likeness (QED) is 0.499. The fourth-order valence-corrected chi connectivity index (χ4v) is 2.12. The van der Waals surface area contributed by atoms with Gasteiger partial charge in [-0.3, -0.25) is 9.59 Å². The van der Waals surface area contributed by atoms with Crippen LogP contribution in [0.15, 0.2) is 53.6 Å². The monoisotopic (exact) mass is 339 g/mol. The Bertz CT molecular complexity index is 768. The van der Waals surface area contributed by atoms with Gasteiger partial charge in [0.1, 0.15) is 5.75 Å². The Hall–Kier alpha value is -3.15. The third kappa shape index (κ3) is 5.17. The van der Waals surface area contributed by atoms with Crippen molar-refractivity contribution >= 4 is 23.7 Å². The first-order valence-corrected chi connectivity index (χ1v) is 7.88. The average molecular weight is 339 g/mol. The number of rotatable bonds is 5. The van der Waals surface area contributed by atoms with E-state index in [-0.39, 0.29) is 0 Å². The van der Waals surface area contributed by atoms with E-state index in [0.717, 1.165) is 5.56 Å². The summed E-state index contributed by atoms with van der Waals surface area (Å²) in [6.45, 7) is 4.17. The van der Waals surface area contributed by atoms with Gasteiger partial charge in [0, 0.05) is 11.3 Å². The van der Waals surface area contributed by atoms with Crippen LogP contribution in [0.4, 0.5) is 5.69 Å². The van der Waals surface area contributed by atoms with Crippen molar-refractivity contribution in [3.63, 3.8) is 0 Å². The number of hydrazone groups is 1. The van der Waals surface area contributed by atoms with Crippen LogP contribution in [-0.2, 0) is 9.59 Å². The summed E-state index contributed by atoms with van der Waals surface area (Å²) in [5.41, 5.74) is 4.60. The van der Waals surface area contributed by atoms with Crippen molar-refractivity contribution in [2.24, 2.45) is 5.10 Å². The van der Waals surface area contributed by atoms with E-state index in [1.807, 2.05) is 24.3 Å². The maximum Gasteiger partial charge on any atom is 0.329 e. The van der Waals surface area contributed by atoms with E-state index < -0.39 is 11.8 Å². The molecule has 0 atom stereocenters. The molecule has 0 aliphatic rings. The van der Waals surface area contributed by atoms with Crippen molar-refractivity contribution < 1.29 is 14.3 Å². The lowest BCUT2D eigenvalue weighted by atomic mass is 10.0. The van der Waals surface area contributed by atoms with Crippen molar-refractivity contribution in [1.82, 2.24) is 5.43 Å². The first kappa shape index (κ1) is 18.2. The SMILES string of the molecule is COc1ccccc1/C=N\NC(=O)C(=O)Nc1ccc(C(C)C)cc1. The van der Waals surface area contributed by atoms with Crippen LogP contribution in [0, 0.1) is 0 Å². The molecule has 0 aliphatic carbocycles. The predicted octanol–water partition coefficient (Wildman–Crippen LogP) is 2.91. The number of hydrogen-bond acceptors (Lipinski definition) is 4. The molecular weight excluding hydrogens is 318 g/mol. The number of carbonyl (C=O) groups excluding carboxylic acids is 2. The fraction of sp³-hybridized carbons (Fsp3) is 0.211. The van der Waals surface area contributed by atoms with Gasteiger partial charge in [-0.25, -0.2) is 5.43 Å². The Morgan fingerprint density at radius 1 is 1.04 bits per heavy atom. The van der Waals surface area contributed by atoms with Crippen LogP contribution in [0.1, 0.15) is 30.9 Å². The van der Waals surface area contributed by atoms with Gasteiger partial charge in [0.05, 0.1) is 13.3 Å². The largest absolute Gasteiger partial charge is 0.496 e. The van der Waals surface area contributed by atoms with Crippen molar-refractivity contribution in [2.75, 3.05) is 12.4 Å². The van der Waals surface area contributed by atoms with Gasteiger partial charge in [0.2, 0.25) is 0 Å². The Labute approximate surface area is 146 Å². The smallest absolute Gasteiger partial charge is 0.329 e. The molecule has 130 valence electrons. The highest BCUT2D eigenvalue weighted by Crippen LogP contribution is 2.17. The second-order valence-electron chi connectivity index (χ2n) is 5.67. The molecule has 2 amide bonds. The summed E-state index contributed by atoms with van der Waals surface area (Å²) in [5, 5.41) is 6.31. The maximum absolute atomic E-state index is 11.9. The number of nitrogens with zero attached hydrogens (tertiary/aromatic N) is 1. The fourth-order valence-electron chi connectivity index (χ4n) is 2.12. The summed E-state index contributed by atoms with van der Waals surface area (Å²) in [6.07, 6.45) is 1.42. The van der Waals surface area contributed by atoms with E-state index in [4.69, 9.17) is 4.74 Å². The molecule has 0 aliphatic heterocycles. The predicted molar refractivity (Wildman–Crippen MR) is 97.9 cm³/mol. The number of para-hydroxylation sites is 1. The van der Waals surface area contributed by atoms with Crippen molar-refractivity contribution in [2.45, 2.75) is 19.8 Å². The van der Waals surface area contributed by atoms with Gasteiger partial charge in [0.15, 0.2) is 0 Å². The first-order chi connectivity index (χ1) is 12.0. The molecule has 0 aromatic heterocycles. The highest BCUT2D eigenvalue weighted by Gasteiger charge is 2.13. The van der Waals surface area contributed by atoms with E-state index in [9.17, 15) is 9.59 Å². The van der Waals surface area contributed by atoms with Crippen LogP contribution in [0.25, 0.3) is 0 Å². The first-order valence-electron chi connectivity index (χ1n) is 7.88. The topological polar surface area (TPSA) is 79.8 Å². The molecule has 0 spiro atoms. The molecule has 6 heteroatoms. The van der Waals surface area contributed by atoms with Gasteiger partial charge < -0.3 is 10.1 Å². The zero-order valence-corrected chi connectivity index (χ0v) is 14.4. The number of ether oxygens (including phenoxy) is 1. The number of carbonyl (C=O) groups is 2. The lowest BCUT2D eigenvalue weighted by Gasteiger charge is -2.07. The number of nitrogens with one attached hydrogen (secondary N) is 2. The Balaban J connectivity index is 1.92. The lowest BCUT2D eigenvalue weighted by Crippen LogP contribution is -2.32. The summed E-state index contributed by atoms with van der Waals surface area (Å²) >= 11 is 0. The molecule has 0 bridgehead atoms. The number of methoxy groups -OCH3 is 1. The van der Waals surface area contributed by atoms with Gasteiger partial charge in [-0.05, 0) is 35.7 Å². The summed E-state index contributed by atoms with van der Waals surface area (Å²) in [6, 6.07) is 14.6. The molecule has 0 unspecified atom stereocenters. The molecule has 0 radical (unpaired) electrons. The van der Waals surface area contributed by atoms with Gasteiger partial charge in [-0.15, -0.1) is 0 Å². The minimum Gasteiger partial charge on any atom is -0.496 e. The van der Waals surface area contributed by atoms with Crippen LogP contribution < -0.4 is 15.5 Å². The average Bonchev–Trinajstić information content (AvgIpc) is 2.62. The Kier molecular flexibility index (Phi) is 6.28.